The molecule has 2 atom stereocenters. The third-order valence-electron chi connectivity index (χ3n) is 5.36. The van der Waals surface area contributed by atoms with Crippen LogP contribution in [0.5, 0.6) is 0 Å². The molecule has 2 unspecified atom stereocenters. The zero-order chi connectivity index (χ0) is 20.4. The van der Waals surface area contributed by atoms with Gasteiger partial charge < -0.3 is 0 Å². The van der Waals surface area contributed by atoms with Gasteiger partial charge in [-0.15, -0.1) is 11.3 Å². The highest BCUT2D eigenvalue weighted by atomic mass is 32.2. The van der Waals surface area contributed by atoms with Gasteiger partial charge in [0.25, 0.3) is 0 Å². The molecule has 1 saturated heterocycles. The second kappa shape index (κ2) is 8.90. The van der Waals surface area contributed by atoms with Gasteiger partial charge in [0.1, 0.15) is 10.8 Å². The molecule has 0 N–H and O–H groups in total. The molecule has 4 nitrogen and oxygen atoms in total. The molecule has 0 radical (unpaired) electrons. The third kappa shape index (κ3) is 4.85. The van der Waals surface area contributed by atoms with Gasteiger partial charge in [-0.2, -0.15) is 0 Å². The summed E-state index contributed by atoms with van der Waals surface area (Å²) in [5, 5.41) is 2.93. The molecule has 2 aromatic rings. The summed E-state index contributed by atoms with van der Waals surface area (Å²) in [6.07, 6.45) is 6.30. The fraction of sp³-hybridized carbons (Fsp3) is 0.409. The maximum Gasteiger partial charge on any atom is 0.186 e. The van der Waals surface area contributed by atoms with Crippen LogP contribution in [-0.2, 0) is 9.59 Å². The van der Waals surface area contributed by atoms with Gasteiger partial charge in [0.15, 0.2) is 10.9 Å². The number of benzene rings is 1. The molecule has 2 fully saturated rings. The summed E-state index contributed by atoms with van der Waals surface area (Å²) in [6.45, 7) is 2.76. The Morgan fingerprint density at radius 3 is 2.76 bits per heavy atom. The van der Waals surface area contributed by atoms with Gasteiger partial charge >= 0.3 is 0 Å². The smallest absolute Gasteiger partial charge is 0.186 e. The first-order chi connectivity index (χ1) is 14.0. The number of piperidine rings is 1. The Bertz CT molecular complexity index is 925. The van der Waals surface area contributed by atoms with Crippen molar-refractivity contribution in [1.82, 2.24) is 9.88 Å². The average molecular weight is 431 g/mol. The van der Waals surface area contributed by atoms with Crippen molar-refractivity contribution in [3.63, 3.8) is 0 Å². The van der Waals surface area contributed by atoms with E-state index < -0.39 is 6.04 Å². The summed E-state index contributed by atoms with van der Waals surface area (Å²) in [6, 6.07) is 6.01. The second-order valence-corrected chi connectivity index (χ2v) is 9.85. The molecule has 1 aliphatic heterocycles. The number of ketones is 1. The van der Waals surface area contributed by atoms with Crippen molar-refractivity contribution in [2.24, 2.45) is 5.92 Å². The van der Waals surface area contributed by atoms with Gasteiger partial charge in [0.05, 0.1) is 6.04 Å². The van der Waals surface area contributed by atoms with E-state index in [1.807, 2.05) is 11.5 Å². The van der Waals surface area contributed by atoms with E-state index in [9.17, 15) is 14.0 Å². The monoisotopic (exact) mass is 430 g/mol. The molecule has 1 aromatic heterocycles. The average Bonchev–Trinajstić information content (AvgIpc) is 3.42. The van der Waals surface area contributed by atoms with Crippen LogP contribution in [0.3, 0.4) is 0 Å². The summed E-state index contributed by atoms with van der Waals surface area (Å²) in [7, 11) is 0. The summed E-state index contributed by atoms with van der Waals surface area (Å²) in [4.78, 5) is 31.3. The van der Waals surface area contributed by atoms with Crippen LogP contribution in [0.2, 0.25) is 0 Å². The Balaban J connectivity index is 1.66. The lowest BCUT2D eigenvalue weighted by molar-refractivity contribution is -0.126. The van der Waals surface area contributed by atoms with E-state index in [1.54, 1.807) is 42.7 Å². The first-order valence-corrected chi connectivity index (χ1v) is 11.6. The first kappa shape index (κ1) is 20.4. The number of thioether (sulfide) groups is 1. The van der Waals surface area contributed by atoms with Crippen LogP contribution in [-0.4, -0.2) is 39.1 Å². The normalized spacial score (nSPS) is 22.6. The van der Waals surface area contributed by atoms with Crippen LogP contribution in [0.15, 0.2) is 41.4 Å². The lowest BCUT2D eigenvalue weighted by Crippen LogP contribution is -2.43. The number of rotatable bonds is 6. The number of hydrogen-bond donors (Lipinski definition) is 0. The molecule has 2 heterocycles. The minimum absolute atomic E-state index is 0.0373. The van der Waals surface area contributed by atoms with Gasteiger partial charge in [-0.1, -0.05) is 30.0 Å². The molecule has 1 aliphatic carbocycles. The van der Waals surface area contributed by atoms with E-state index in [1.165, 1.54) is 17.8 Å². The van der Waals surface area contributed by atoms with Crippen LogP contribution < -0.4 is 0 Å². The van der Waals surface area contributed by atoms with Crippen molar-refractivity contribution in [2.45, 2.75) is 37.5 Å². The Morgan fingerprint density at radius 2 is 2.10 bits per heavy atom. The number of likely N-dealkylation sites (tertiary alicyclic amines) is 1. The minimum atomic E-state index is -0.577. The molecule has 4 rings (SSSR count). The number of nitrogens with zero attached hydrogens (tertiary/aromatic N) is 2. The Labute approximate surface area is 178 Å². The molecular formula is C22H23FN2O2S2. The summed E-state index contributed by atoms with van der Waals surface area (Å²) in [5.41, 5.74) is 1.52. The third-order valence-corrected chi connectivity index (χ3v) is 7.24. The Hall–Kier alpha value is -1.83. The Morgan fingerprint density at radius 1 is 1.31 bits per heavy atom. The number of carbonyl (C=O) groups excluding carboxylic acids is 2. The van der Waals surface area contributed by atoms with Gasteiger partial charge in [-0.05, 0) is 37.0 Å². The highest BCUT2D eigenvalue weighted by Gasteiger charge is 2.41. The maximum absolute atomic E-state index is 14.6. The summed E-state index contributed by atoms with van der Waals surface area (Å²) in [5.74, 6) is -0.186. The molecular weight excluding hydrogens is 407 g/mol. The minimum Gasteiger partial charge on any atom is -0.297 e. The highest BCUT2D eigenvalue weighted by Crippen LogP contribution is 2.40. The number of hydrogen-bond acceptors (Lipinski definition) is 6. The molecule has 29 heavy (non-hydrogen) atoms. The predicted octanol–water partition coefficient (Wildman–Crippen LogP) is 4.74. The summed E-state index contributed by atoms with van der Waals surface area (Å²) < 4.78 is 14.6. The van der Waals surface area contributed by atoms with Gasteiger partial charge in [0.2, 0.25) is 0 Å². The van der Waals surface area contributed by atoms with E-state index in [4.69, 9.17) is 0 Å². The topological polar surface area (TPSA) is 50.3 Å². The van der Waals surface area contributed by atoms with Crippen LogP contribution in [0.4, 0.5) is 4.39 Å². The number of aromatic nitrogens is 1. The fourth-order valence-electron chi connectivity index (χ4n) is 3.86. The molecule has 1 aromatic carbocycles. The largest absolute Gasteiger partial charge is 0.297 e. The lowest BCUT2D eigenvalue weighted by atomic mass is 9.93. The van der Waals surface area contributed by atoms with Crippen LogP contribution in [0, 0.1) is 11.7 Å². The fourth-order valence-corrected chi connectivity index (χ4v) is 5.38. The van der Waals surface area contributed by atoms with Gasteiger partial charge in [0, 0.05) is 48.3 Å². The van der Waals surface area contributed by atoms with Crippen molar-refractivity contribution in [2.75, 3.05) is 13.1 Å². The predicted molar refractivity (Wildman–Crippen MR) is 115 cm³/mol. The van der Waals surface area contributed by atoms with Crippen molar-refractivity contribution in [1.29, 1.82) is 0 Å². The molecule has 152 valence electrons. The van der Waals surface area contributed by atoms with Gasteiger partial charge in [-0.25, -0.2) is 9.37 Å². The zero-order valence-electron chi connectivity index (χ0n) is 16.2. The van der Waals surface area contributed by atoms with E-state index in [-0.39, 0.29) is 27.9 Å². The number of halogens is 1. The maximum atomic E-state index is 14.6. The molecule has 7 heteroatoms. The number of Topliss-reactive ketones (excluding diaryl/α,β-unsaturated/α-hetero) is 1. The van der Waals surface area contributed by atoms with Crippen molar-refractivity contribution < 1.29 is 14.0 Å². The van der Waals surface area contributed by atoms with Crippen LogP contribution in [0.25, 0.3) is 6.08 Å². The first-order valence-electron chi connectivity index (χ1n) is 9.82. The molecule has 0 amide bonds. The van der Waals surface area contributed by atoms with E-state index in [2.05, 4.69) is 9.88 Å². The SMILES string of the molecule is CC(=O)SC1CCN(C(C(=O)C2CC2)c2ccccc2F)CC1=Cc1nccs1. The van der Waals surface area contributed by atoms with Crippen molar-refractivity contribution in [3.8, 4) is 0 Å². The standard InChI is InChI=1S/C22H23FN2O2S2/c1-14(26)29-19-8-10-25(13-16(19)12-20-24-9-11-28-20)21(22(27)15-6-7-15)17-4-2-3-5-18(17)23/h2-5,9,11-12,15,19,21H,6-8,10,13H2,1H3. The summed E-state index contributed by atoms with van der Waals surface area (Å²) >= 11 is 2.87. The van der Waals surface area contributed by atoms with E-state index in [0.717, 1.165) is 29.8 Å². The highest BCUT2D eigenvalue weighted by molar-refractivity contribution is 8.14. The zero-order valence-corrected chi connectivity index (χ0v) is 17.8. The molecule has 0 spiro atoms. The van der Waals surface area contributed by atoms with Crippen molar-refractivity contribution >= 4 is 40.1 Å². The number of carbonyl (C=O) groups is 2. The second-order valence-electron chi connectivity index (χ2n) is 7.55. The van der Waals surface area contributed by atoms with Crippen LogP contribution in [0.1, 0.15) is 42.8 Å². The van der Waals surface area contributed by atoms with Gasteiger partial charge in [-0.3, -0.25) is 14.5 Å². The molecule has 2 aliphatic rings. The molecule has 0 bridgehead atoms. The van der Waals surface area contributed by atoms with Crippen LogP contribution >= 0.6 is 23.1 Å². The Kier molecular flexibility index (Phi) is 6.27. The number of thiazole rings is 1. The molecule has 1 saturated carbocycles. The van der Waals surface area contributed by atoms with E-state index in [0.29, 0.717) is 18.7 Å². The van der Waals surface area contributed by atoms with E-state index >= 15 is 0 Å². The van der Waals surface area contributed by atoms with Crippen molar-refractivity contribution in [3.05, 3.63) is 57.8 Å². The lowest BCUT2D eigenvalue weighted by Gasteiger charge is -2.38. The quantitative estimate of drug-likeness (QED) is 0.663.